The van der Waals surface area contributed by atoms with Crippen molar-refractivity contribution in [3.05, 3.63) is 71.8 Å². The molecule has 9 heteroatoms. The third kappa shape index (κ3) is 7.28. The maximum Gasteiger partial charge on any atom is 0.309 e. The van der Waals surface area contributed by atoms with Crippen LogP contribution in [0.5, 0.6) is 0 Å². The van der Waals surface area contributed by atoms with Crippen LogP contribution in [0.2, 0.25) is 0 Å². The number of esters is 1. The topological polar surface area (TPSA) is 110 Å². The molecule has 1 atom stereocenters. The van der Waals surface area contributed by atoms with Gasteiger partial charge in [-0.05, 0) is 55.7 Å². The molecular weight excluding hydrogens is 456 g/mol. The van der Waals surface area contributed by atoms with Gasteiger partial charge < -0.3 is 9.64 Å². The Balaban J connectivity index is 1.48. The van der Waals surface area contributed by atoms with Crippen molar-refractivity contribution in [1.29, 1.82) is 0 Å². The Morgan fingerprint density at radius 1 is 1.03 bits per heavy atom. The van der Waals surface area contributed by atoms with E-state index in [1.165, 1.54) is 37.3 Å². The Hall–Kier alpha value is -3.46. The van der Waals surface area contributed by atoms with E-state index < -0.39 is 22.1 Å². The summed E-state index contributed by atoms with van der Waals surface area (Å²) in [5.41, 5.74) is 1.59. The Kier molecular flexibility index (Phi) is 8.22. The number of carbonyl (C=O) groups excluding carboxylic acids is 3. The van der Waals surface area contributed by atoms with Crippen molar-refractivity contribution in [1.82, 2.24) is 4.90 Å². The fourth-order valence-electron chi connectivity index (χ4n) is 3.65. The first-order valence-corrected chi connectivity index (χ1v) is 12.9. The minimum absolute atomic E-state index is 0.104. The van der Waals surface area contributed by atoms with Crippen LogP contribution in [0.25, 0.3) is 6.08 Å². The van der Waals surface area contributed by atoms with E-state index >= 15 is 0 Å². The second-order valence-electron chi connectivity index (χ2n) is 8.24. The quantitative estimate of drug-likeness (QED) is 0.350. The molecule has 1 aliphatic heterocycles. The van der Waals surface area contributed by atoms with Crippen molar-refractivity contribution in [2.24, 2.45) is 5.92 Å². The summed E-state index contributed by atoms with van der Waals surface area (Å²) in [6.45, 7) is 2.39. The summed E-state index contributed by atoms with van der Waals surface area (Å²) < 4.78 is 30.3. The third-order valence-corrected chi connectivity index (χ3v) is 6.10. The van der Waals surface area contributed by atoms with Gasteiger partial charge in [-0.1, -0.05) is 30.3 Å². The number of piperidine rings is 1. The number of hydrogen-bond acceptors (Lipinski definition) is 6. The normalized spacial score (nSPS) is 15.6. The summed E-state index contributed by atoms with van der Waals surface area (Å²) in [5, 5.41) is 0. The fraction of sp³-hybridized carbons (Fsp3) is 0.320. The molecule has 0 bridgehead atoms. The van der Waals surface area contributed by atoms with Gasteiger partial charge in [0.1, 0.15) is 0 Å². The van der Waals surface area contributed by atoms with Crippen molar-refractivity contribution in [3.63, 3.8) is 0 Å². The molecule has 1 aliphatic rings. The summed E-state index contributed by atoms with van der Waals surface area (Å²) in [7, 11) is -3.41. The second kappa shape index (κ2) is 11.1. The fourth-order valence-corrected chi connectivity index (χ4v) is 4.21. The highest BCUT2D eigenvalue weighted by atomic mass is 32.2. The number of ketones is 1. The van der Waals surface area contributed by atoms with Crippen LogP contribution < -0.4 is 4.72 Å². The number of rotatable bonds is 8. The molecular formula is C25H28N2O6S. The average Bonchev–Trinajstić information content (AvgIpc) is 2.82. The Labute approximate surface area is 199 Å². The minimum atomic E-state index is -3.41. The van der Waals surface area contributed by atoms with Crippen LogP contribution in [0.4, 0.5) is 5.69 Å². The Morgan fingerprint density at radius 2 is 1.65 bits per heavy atom. The van der Waals surface area contributed by atoms with Crippen LogP contribution in [0.15, 0.2) is 60.7 Å². The van der Waals surface area contributed by atoms with Gasteiger partial charge in [0.25, 0.3) is 0 Å². The van der Waals surface area contributed by atoms with Gasteiger partial charge in [0.2, 0.25) is 21.7 Å². The average molecular weight is 485 g/mol. The lowest BCUT2D eigenvalue weighted by Gasteiger charge is -2.30. The van der Waals surface area contributed by atoms with Crippen molar-refractivity contribution in [2.75, 3.05) is 24.1 Å². The van der Waals surface area contributed by atoms with Gasteiger partial charge in [0, 0.05) is 30.4 Å². The first-order valence-electron chi connectivity index (χ1n) is 11.0. The zero-order chi connectivity index (χ0) is 24.7. The number of sulfonamides is 1. The van der Waals surface area contributed by atoms with Crippen LogP contribution in [0.1, 0.15) is 35.7 Å². The summed E-state index contributed by atoms with van der Waals surface area (Å²) in [5.74, 6) is -1.31. The van der Waals surface area contributed by atoms with E-state index in [1.54, 1.807) is 11.0 Å². The van der Waals surface area contributed by atoms with E-state index in [4.69, 9.17) is 4.74 Å². The van der Waals surface area contributed by atoms with Crippen LogP contribution in [0, 0.1) is 5.92 Å². The first kappa shape index (κ1) is 25.2. The summed E-state index contributed by atoms with van der Waals surface area (Å²) in [6, 6.07) is 15.4. The molecule has 34 heavy (non-hydrogen) atoms. The number of ether oxygens (including phenoxy) is 1. The summed E-state index contributed by atoms with van der Waals surface area (Å²) in [4.78, 5) is 39.3. The van der Waals surface area contributed by atoms with E-state index in [2.05, 4.69) is 4.72 Å². The van der Waals surface area contributed by atoms with Gasteiger partial charge in [0.15, 0.2) is 6.10 Å². The lowest BCUT2D eigenvalue weighted by Crippen LogP contribution is -2.40. The van der Waals surface area contributed by atoms with E-state index in [9.17, 15) is 22.8 Å². The number of anilines is 1. The standard InChI is InChI=1S/C25H28N2O6S/c1-18(24(29)20-9-11-22(12-10-20)26-34(2,31)32)33-25(30)21-14-16-27(17-15-21)23(28)13-8-19-6-4-3-5-7-19/h3-13,18,21,26H,14-17H2,1-2H3/b13-8+. The number of nitrogens with zero attached hydrogens (tertiary/aromatic N) is 1. The Morgan fingerprint density at radius 3 is 2.24 bits per heavy atom. The molecule has 2 aromatic carbocycles. The van der Waals surface area contributed by atoms with Crippen molar-refractivity contribution < 1.29 is 27.5 Å². The van der Waals surface area contributed by atoms with Crippen molar-refractivity contribution >= 4 is 39.4 Å². The molecule has 0 aliphatic carbocycles. The van der Waals surface area contributed by atoms with E-state index in [0.29, 0.717) is 37.2 Å². The van der Waals surface area contributed by atoms with E-state index in [0.717, 1.165) is 11.8 Å². The largest absolute Gasteiger partial charge is 0.454 e. The Bertz CT molecular complexity index is 1150. The predicted octanol–water partition coefficient (Wildman–Crippen LogP) is 3.12. The molecule has 0 aromatic heterocycles. The lowest BCUT2D eigenvalue weighted by atomic mass is 9.96. The molecule has 0 spiro atoms. The van der Waals surface area contributed by atoms with Gasteiger partial charge >= 0.3 is 5.97 Å². The van der Waals surface area contributed by atoms with Crippen LogP contribution in [0.3, 0.4) is 0 Å². The highest BCUT2D eigenvalue weighted by molar-refractivity contribution is 7.92. The van der Waals surface area contributed by atoms with Crippen LogP contribution >= 0.6 is 0 Å². The van der Waals surface area contributed by atoms with Gasteiger partial charge in [0.05, 0.1) is 12.2 Å². The van der Waals surface area contributed by atoms with E-state index in [1.807, 2.05) is 30.3 Å². The molecule has 3 rings (SSSR count). The predicted molar refractivity (Wildman–Crippen MR) is 130 cm³/mol. The third-order valence-electron chi connectivity index (χ3n) is 5.49. The highest BCUT2D eigenvalue weighted by Crippen LogP contribution is 2.21. The molecule has 1 amide bonds. The molecule has 0 saturated carbocycles. The molecule has 8 nitrogen and oxygen atoms in total. The number of carbonyl (C=O) groups is 3. The molecule has 0 radical (unpaired) electrons. The molecule has 180 valence electrons. The SMILES string of the molecule is CC(OC(=O)C1CCN(C(=O)/C=C/c2ccccc2)CC1)C(=O)c1ccc(NS(C)(=O)=O)cc1. The molecule has 2 aromatic rings. The van der Waals surface area contributed by atoms with Gasteiger partial charge in [-0.3, -0.25) is 19.1 Å². The minimum Gasteiger partial charge on any atom is -0.454 e. The first-order chi connectivity index (χ1) is 16.1. The number of Topliss-reactive ketones (excluding diaryl/α,β-unsaturated/α-hetero) is 1. The van der Waals surface area contributed by atoms with Crippen LogP contribution in [-0.2, 0) is 24.3 Å². The maximum atomic E-state index is 12.6. The summed E-state index contributed by atoms with van der Waals surface area (Å²) >= 11 is 0. The highest BCUT2D eigenvalue weighted by Gasteiger charge is 2.30. The number of nitrogens with one attached hydrogen (secondary N) is 1. The molecule has 1 saturated heterocycles. The monoisotopic (exact) mass is 484 g/mol. The second-order valence-corrected chi connectivity index (χ2v) is 9.99. The zero-order valence-corrected chi connectivity index (χ0v) is 20.0. The zero-order valence-electron chi connectivity index (χ0n) is 19.1. The lowest BCUT2D eigenvalue weighted by molar-refractivity contribution is -0.153. The smallest absolute Gasteiger partial charge is 0.309 e. The van der Waals surface area contributed by atoms with Crippen LogP contribution in [-0.4, -0.2) is 56.4 Å². The molecule has 1 heterocycles. The molecule has 1 fully saturated rings. The molecule has 1 unspecified atom stereocenters. The van der Waals surface area contributed by atoms with Gasteiger partial charge in [-0.25, -0.2) is 8.42 Å². The number of hydrogen-bond donors (Lipinski definition) is 1. The summed E-state index contributed by atoms with van der Waals surface area (Å²) in [6.07, 6.45) is 4.29. The number of amides is 1. The number of benzene rings is 2. The van der Waals surface area contributed by atoms with Gasteiger partial charge in [-0.15, -0.1) is 0 Å². The van der Waals surface area contributed by atoms with E-state index in [-0.39, 0.29) is 17.6 Å². The van der Waals surface area contributed by atoms with Crippen molar-refractivity contribution in [2.45, 2.75) is 25.9 Å². The number of likely N-dealkylation sites (tertiary alicyclic amines) is 1. The molecule has 1 N–H and O–H groups in total. The van der Waals surface area contributed by atoms with Gasteiger partial charge in [-0.2, -0.15) is 0 Å². The maximum absolute atomic E-state index is 12.6. The van der Waals surface area contributed by atoms with Crippen molar-refractivity contribution in [3.8, 4) is 0 Å².